The molecule has 0 aliphatic carbocycles. The van der Waals surface area contributed by atoms with Crippen LogP contribution in [-0.4, -0.2) is 35.5 Å². The number of amides is 2. The number of carbonyl (C=O) groups excluding carboxylic acids is 2. The van der Waals surface area contributed by atoms with Gasteiger partial charge in [0, 0.05) is 5.56 Å². The van der Waals surface area contributed by atoms with Crippen LogP contribution >= 0.6 is 23.2 Å². The lowest BCUT2D eigenvalue weighted by atomic mass is 10.0. The Balaban J connectivity index is 1.52. The van der Waals surface area contributed by atoms with Gasteiger partial charge in [-0.15, -0.1) is 0 Å². The molecule has 4 aromatic rings. The van der Waals surface area contributed by atoms with Crippen molar-refractivity contribution in [3.63, 3.8) is 0 Å². The number of halogens is 2. The molecule has 3 N–H and O–H groups in total. The molecule has 0 bridgehead atoms. The molecule has 0 heterocycles. The summed E-state index contributed by atoms with van der Waals surface area (Å²) in [5.74, 6) is -2.66. The Hall–Kier alpha value is -4.43. The van der Waals surface area contributed by atoms with Crippen molar-refractivity contribution in [2.45, 2.75) is 12.6 Å². The maximum atomic E-state index is 13.3. The molecule has 0 aliphatic rings. The SMILES string of the molecule is O=C(N[C@H](COCc1ccccc1)C(=O)O)/C(=C/c1ccc(Cl)c(Cl)c1)NC(=O)c1ccc(-c2ccccc2)cc1. The van der Waals surface area contributed by atoms with Gasteiger partial charge in [0.1, 0.15) is 5.70 Å². The number of ether oxygens (including phenoxy) is 1. The standard InChI is InChI=1S/C32H26Cl2N2O5/c33-26-16-11-22(17-27(26)34)18-28(31(38)36-29(32(39)40)20-41-19-21-7-3-1-4-8-21)35-30(37)25-14-12-24(13-15-25)23-9-5-2-6-10-23/h1-18,29H,19-20H2,(H,35,37)(H,36,38)(H,39,40)/b28-18-/t29-/m1/s1. The predicted octanol–water partition coefficient (Wildman–Crippen LogP) is 6.22. The lowest BCUT2D eigenvalue weighted by Crippen LogP contribution is -2.46. The van der Waals surface area contributed by atoms with Crippen molar-refractivity contribution in [3.05, 3.63) is 136 Å². The topological polar surface area (TPSA) is 105 Å². The lowest BCUT2D eigenvalue weighted by molar-refractivity contribution is -0.143. The molecule has 7 nitrogen and oxygen atoms in total. The summed E-state index contributed by atoms with van der Waals surface area (Å²) in [6.07, 6.45) is 1.39. The van der Waals surface area contributed by atoms with Crippen LogP contribution in [0.4, 0.5) is 0 Å². The van der Waals surface area contributed by atoms with E-state index in [2.05, 4.69) is 10.6 Å². The number of carboxylic acids is 1. The summed E-state index contributed by atoms with van der Waals surface area (Å²) in [6.45, 7) is -0.118. The van der Waals surface area contributed by atoms with Crippen LogP contribution in [0.25, 0.3) is 17.2 Å². The van der Waals surface area contributed by atoms with Gasteiger partial charge in [-0.3, -0.25) is 9.59 Å². The fourth-order valence-corrected chi connectivity index (χ4v) is 4.15. The van der Waals surface area contributed by atoms with Gasteiger partial charge in [0.2, 0.25) is 0 Å². The average Bonchev–Trinajstić information content (AvgIpc) is 2.99. The first-order valence-corrected chi connectivity index (χ1v) is 13.3. The third-order valence-electron chi connectivity index (χ3n) is 6.00. The first-order chi connectivity index (χ1) is 19.8. The number of hydrogen-bond donors (Lipinski definition) is 3. The first kappa shape index (κ1) is 29.6. The molecule has 41 heavy (non-hydrogen) atoms. The number of carbonyl (C=O) groups is 3. The fraction of sp³-hybridized carbons (Fsp3) is 0.0938. The van der Waals surface area contributed by atoms with E-state index >= 15 is 0 Å². The molecule has 4 rings (SSSR count). The van der Waals surface area contributed by atoms with E-state index in [0.717, 1.165) is 16.7 Å². The lowest BCUT2D eigenvalue weighted by Gasteiger charge is -2.17. The second-order valence-electron chi connectivity index (χ2n) is 8.99. The van der Waals surface area contributed by atoms with Crippen molar-refractivity contribution in [2.24, 2.45) is 0 Å². The molecule has 4 aromatic carbocycles. The van der Waals surface area contributed by atoms with Gasteiger partial charge < -0.3 is 20.5 Å². The molecule has 9 heteroatoms. The summed E-state index contributed by atoms with van der Waals surface area (Å²) in [5, 5.41) is 15.3. The molecule has 0 unspecified atom stereocenters. The first-order valence-electron chi connectivity index (χ1n) is 12.6. The molecule has 0 saturated carbocycles. The van der Waals surface area contributed by atoms with Crippen molar-refractivity contribution in [1.82, 2.24) is 10.6 Å². The highest BCUT2D eigenvalue weighted by molar-refractivity contribution is 6.42. The molecule has 2 amide bonds. The Morgan fingerprint density at radius 3 is 2.07 bits per heavy atom. The minimum atomic E-state index is -1.37. The number of nitrogens with one attached hydrogen (secondary N) is 2. The van der Waals surface area contributed by atoms with Crippen LogP contribution in [0.1, 0.15) is 21.5 Å². The molecule has 0 fully saturated rings. The molecule has 0 aromatic heterocycles. The van der Waals surface area contributed by atoms with E-state index < -0.39 is 23.8 Å². The van der Waals surface area contributed by atoms with Crippen molar-refractivity contribution < 1.29 is 24.2 Å². The Morgan fingerprint density at radius 1 is 0.805 bits per heavy atom. The monoisotopic (exact) mass is 588 g/mol. The Kier molecular flexibility index (Phi) is 10.3. The van der Waals surface area contributed by atoms with Crippen molar-refractivity contribution in [2.75, 3.05) is 6.61 Å². The second kappa shape index (κ2) is 14.3. The van der Waals surface area contributed by atoms with Gasteiger partial charge >= 0.3 is 5.97 Å². The summed E-state index contributed by atoms with van der Waals surface area (Å²) in [4.78, 5) is 38.3. The van der Waals surface area contributed by atoms with Crippen molar-refractivity contribution in [3.8, 4) is 11.1 Å². The number of aliphatic carboxylic acids is 1. The van der Waals surface area contributed by atoms with Crippen LogP contribution in [0, 0.1) is 0 Å². The maximum absolute atomic E-state index is 13.3. The van der Waals surface area contributed by atoms with Gasteiger partial charge in [-0.05, 0) is 52.6 Å². The Bertz CT molecular complexity index is 1540. The van der Waals surface area contributed by atoms with Gasteiger partial charge in [-0.25, -0.2) is 4.79 Å². The largest absolute Gasteiger partial charge is 0.480 e. The van der Waals surface area contributed by atoms with Crippen molar-refractivity contribution >= 4 is 47.1 Å². The zero-order chi connectivity index (χ0) is 29.2. The van der Waals surface area contributed by atoms with Gasteiger partial charge in [0.15, 0.2) is 6.04 Å². The van der Waals surface area contributed by atoms with Gasteiger partial charge in [0.25, 0.3) is 11.8 Å². The van der Waals surface area contributed by atoms with E-state index in [-0.39, 0.29) is 23.9 Å². The fourth-order valence-electron chi connectivity index (χ4n) is 3.85. The van der Waals surface area contributed by atoms with E-state index in [1.165, 1.54) is 12.1 Å². The predicted molar refractivity (Wildman–Crippen MR) is 159 cm³/mol. The third kappa shape index (κ3) is 8.53. The molecule has 208 valence electrons. The Morgan fingerprint density at radius 2 is 1.44 bits per heavy atom. The zero-order valence-corrected chi connectivity index (χ0v) is 23.2. The van der Waals surface area contributed by atoms with E-state index in [1.807, 2.05) is 60.7 Å². The average molecular weight is 589 g/mol. The molecule has 1 atom stereocenters. The summed E-state index contributed by atoms with van der Waals surface area (Å²) in [7, 11) is 0. The van der Waals surface area contributed by atoms with Crippen LogP contribution in [0.5, 0.6) is 0 Å². The van der Waals surface area contributed by atoms with Crippen molar-refractivity contribution in [1.29, 1.82) is 0 Å². The van der Waals surface area contributed by atoms with E-state index in [1.54, 1.807) is 36.4 Å². The van der Waals surface area contributed by atoms with Crippen LogP contribution < -0.4 is 10.6 Å². The number of benzene rings is 4. The smallest absolute Gasteiger partial charge is 0.328 e. The zero-order valence-electron chi connectivity index (χ0n) is 21.7. The quantitative estimate of drug-likeness (QED) is 0.180. The summed E-state index contributed by atoms with van der Waals surface area (Å²) >= 11 is 12.2. The minimum Gasteiger partial charge on any atom is -0.480 e. The molecular weight excluding hydrogens is 563 g/mol. The maximum Gasteiger partial charge on any atom is 0.328 e. The van der Waals surface area contributed by atoms with Crippen LogP contribution in [-0.2, 0) is 20.9 Å². The third-order valence-corrected chi connectivity index (χ3v) is 6.74. The molecule has 0 saturated heterocycles. The van der Waals surface area contributed by atoms with Gasteiger partial charge in [-0.1, -0.05) is 102 Å². The number of hydrogen-bond acceptors (Lipinski definition) is 4. The number of carboxylic acid groups (broad SMARTS) is 1. The van der Waals surface area contributed by atoms with Gasteiger partial charge in [0.05, 0.1) is 23.3 Å². The highest BCUT2D eigenvalue weighted by atomic mass is 35.5. The molecule has 0 aliphatic heterocycles. The Labute approximate surface area is 247 Å². The second-order valence-corrected chi connectivity index (χ2v) is 9.81. The van der Waals surface area contributed by atoms with Crippen LogP contribution in [0.15, 0.2) is 109 Å². The van der Waals surface area contributed by atoms with E-state index in [4.69, 9.17) is 27.9 Å². The van der Waals surface area contributed by atoms with E-state index in [0.29, 0.717) is 16.1 Å². The van der Waals surface area contributed by atoms with Gasteiger partial charge in [-0.2, -0.15) is 0 Å². The number of rotatable bonds is 11. The normalized spacial score (nSPS) is 11.9. The highest BCUT2D eigenvalue weighted by Gasteiger charge is 2.24. The molecule has 0 radical (unpaired) electrons. The molecular formula is C32H26Cl2N2O5. The van der Waals surface area contributed by atoms with Crippen LogP contribution in [0.3, 0.4) is 0 Å². The minimum absolute atomic E-state index is 0.169. The summed E-state index contributed by atoms with van der Waals surface area (Å²) in [5.41, 5.74) is 3.36. The van der Waals surface area contributed by atoms with E-state index in [9.17, 15) is 19.5 Å². The summed E-state index contributed by atoms with van der Waals surface area (Å²) in [6, 6.07) is 29.1. The molecule has 0 spiro atoms. The summed E-state index contributed by atoms with van der Waals surface area (Å²) < 4.78 is 5.53. The van der Waals surface area contributed by atoms with Crippen LogP contribution in [0.2, 0.25) is 10.0 Å². The highest BCUT2D eigenvalue weighted by Crippen LogP contribution is 2.24.